The maximum atomic E-state index is 11.8. The highest BCUT2D eigenvalue weighted by atomic mass is 127. The van der Waals surface area contributed by atoms with E-state index in [-0.39, 0.29) is 0 Å². The molecule has 0 radical (unpaired) electrons. The monoisotopic (exact) mass is 300 g/mol. The van der Waals surface area contributed by atoms with Crippen molar-refractivity contribution in [3.8, 4) is 0 Å². The zero-order valence-corrected chi connectivity index (χ0v) is 10.2. The number of rotatable bonds is 4. The van der Waals surface area contributed by atoms with E-state index >= 15 is 0 Å². The summed E-state index contributed by atoms with van der Waals surface area (Å²) in [7, 11) is 0. The minimum atomic E-state index is 0.307. The Morgan fingerprint density at radius 3 is 2.71 bits per heavy atom. The maximum Gasteiger partial charge on any atom is 0.163 e. The molecule has 1 aliphatic carbocycles. The molecule has 0 N–H and O–H groups in total. The van der Waals surface area contributed by atoms with E-state index in [1.54, 1.807) is 0 Å². The zero-order valence-electron chi connectivity index (χ0n) is 8.00. The van der Waals surface area contributed by atoms with Gasteiger partial charge < -0.3 is 0 Å². The second kappa shape index (κ2) is 4.43. The van der Waals surface area contributed by atoms with Gasteiger partial charge in [-0.05, 0) is 41.0 Å². The summed E-state index contributed by atoms with van der Waals surface area (Å²) < 4.78 is 1.07. The Balaban J connectivity index is 1.98. The molecule has 1 nitrogen and oxygen atoms in total. The van der Waals surface area contributed by atoms with Crippen LogP contribution < -0.4 is 0 Å². The highest BCUT2D eigenvalue weighted by Gasteiger charge is 2.22. The van der Waals surface area contributed by atoms with Gasteiger partial charge in [0.2, 0.25) is 0 Å². The van der Waals surface area contributed by atoms with Gasteiger partial charge in [0.1, 0.15) is 0 Å². The molecule has 74 valence electrons. The summed E-state index contributed by atoms with van der Waals surface area (Å²) in [6.07, 6.45) is 4.48. The van der Waals surface area contributed by atoms with Crippen LogP contribution in [0.4, 0.5) is 0 Å². The van der Waals surface area contributed by atoms with Gasteiger partial charge in [-0.1, -0.05) is 31.0 Å². The number of halogens is 1. The molecular formula is C12H13IO. The van der Waals surface area contributed by atoms with Crippen LogP contribution in [0.25, 0.3) is 0 Å². The summed E-state index contributed by atoms with van der Waals surface area (Å²) in [5.41, 5.74) is 0.897. The highest BCUT2D eigenvalue weighted by Crippen LogP contribution is 2.34. The van der Waals surface area contributed by atoms with Crippen molar-refractivity contribution in [1.82, 2.24) is 0 Å². The first-order valence-corrected chi connectivity index (χ1v) is 6.13. The van der Waals surface area contributed by atoms with Crippen LogP contribution in [0.5, 0.6) is 0 Å². The number of benzene rings is 1. The first-order valence-electron chi connectivity index (χ1n) is 5.05. The van der Waals surface area contributed by atoms with Crippen molar-refractivity contribution in [2.45, 2.75) is 25.7 Å². The van der Waals surface area contributed by atoms with Gasteiger partial charge in [-0.3, -0.25) is 4.79 Å². The van der Waals surface area contributed by atoms with Gasteiger partial charge in [0.15, 0.2) is 5.78 Å². The molecule has 1 aromatic rings. The molecular weight excluding hydrogens is 287 g/mol. The number of Topliss-reactive ketones (excluding diaryl/α,β-unsaturated/α-hetero) is 1. The molecule has 2 rings (SSSR count). The summed E-state index contributed by atoms with van der Waals surface area (Å²) in [6.45, 7) is 0. The fourth-order valence-corrected chi connectivity index (χ4v) is 2.25. The summed E-state index contributed by atoms with van der Waals surface area (Å²) >= 11 is 2.23. The number of carbonyl (C=O) groups is 1. The van der Waals surface area contributed by atoms with E-state index in [0.717, 1.165) is 27.9 Å². The van der Waals surface area contributed by atoms with E-state index in [4.69, 9.17) is 0 Å². The number of hydrogen-bond acceptors (Lipinski definition) is 1. The van der Waals surface area contributed by atoms with Crippen LogP contribution in [0.3, 0.4) is 0 Å². The van der Waals surface area contributed by atoms with Crippen LogP contribution in [0, 0.1) is 9.49 Å². The van der Waals surface area contributed by atoms with E-state index in [9.17, 15) is 4.79 Å². The van der Waals surface area contributed by atoms with Crippen LogP contribution >= 0.6 is 22.6 Å². The summed E-state index contributed by atoms with van der Waals surface area (Å²) in [5, 5.41) is 0. The van der Waals surface area contributed by atoms with E-state index in [1.807, 2.05) is 24.3 Å². The quantitative estimate of drug-likeness (QED) is 0.612. The van der Waals surface area contributed by atoms with Crippen LogP contribution in [-0.4, -0.2) is 5.78 Å². The Hall–Kier alpha value is -0.380. The van der Waals surface area contributed by atoms with Gasteiger partial charge >= 0.3 is 0 Å². The molecule has 0 bridgehead atoms. The van der Waals surface area contributed by atoms with Crippen LogP contribution in [-0.2, 0) is 0 Å². The fourth-order valence-electron chi connectivity index (χ4n) is 1.56. The predicted molar refractivity (Wildman–Crippen MR) is 65.4 cm³/mol. The average molecular weight is 300 g/mol. The molecule has 1 saturated carbocycles. The SMILES string of the molecule is O=C(CCC1CC1)c1ccccc1I. The highest BCUT2D eigenvalue weighted by molar-refractivity contribution is 14.1. The molecule has 0 aliphatic heterocycles. The molecule has 1 aromatic carbocycles. The van der Waals surface area contributed by atoms with Crippen molar-refractivity contribution in [3.63, 3.8) is 0 Å². The molecule has 2 heteroatoms. The van der Waals surface area contributed by atoms with Crippen molar-refractivity contribution in [2.24, 2.45) is 5.92 Å². The molecule has 0 aromatic heterocycles. The number of carbonyl (C=O) groups excluding carboxylic acids is 1. The lowest BCUT2D eigenvalue weighted by Crippen LogP contribution is -2.01. The van der Waals surface area contributed by atoms with E-state index < -0.39 is 0 Å². The van der Waals surface area contributed by atoms with Crippen LogP contribution in [0.15, 0.2) is 24.3 Å². The van der Waals surface area contributed by atoms with Gasteiger partial charge in [0.25, 0.3) is 0 Å². The Morgan fingerprint density at radius 1 is 1.36 bits per heavy atom. The lowest BCUT2D eigenvalue weighted by atomic mass is 10.1. The minimum absolute atomic E-state index is 0.307. The number of ketones is 1. The molecule has 0 saturated heterocycles. The van der Waals surface area contributed by atoms with Gasteiger partial charge in [-0.2, -0.15) is 0 Å². The second-order valence-electron chi connectivity index (χ2n) is 3.89. The lowest BCUT2D eigenvalue weighted by Gasteiger charge is -2.02. The molecule has 0 heterocycles. The van der Waals surface area contributed by atoms with E-state index in [1.165, 1.54) is 12.8 Å². The Morgan fingerprint density at radius 2 is 2.07 bits per heavy atom. The van der Waals surface area contributed by atoms with Gasteiger partial charge in [0.05, 0.1) is 0 Å². The van der Waals surface area contributed by atoms with E-state index in [2.05, 4.69) is 22.6 Å². The van der Waals surface area contributed by atoms with Crippen LogP contribution in [0.1, 0.15) is 36.0 Å². The molecule has 0 spiro atoms. The molecule has 0 unspecified atom stereocenters. The van der Waals surface area contributed by atoms with E-state index in [0.29, 0.717) is 5.78 Å². The van der Waals surface area contributed by atoms with Crippen molar-refractivity contribution in [1.29, 1.82) is 0 Å². The van der Waals surface area contributed by atoms with Crippen molar-refractivity contribution < 1.29 is 4.79 Å². The number of hydrogen-bond donors (Lipinski definition) is 0. The normalized spacial score (nSPS) is 15.5. The average Bonchev–Trinajstić information content (AvgIpc) is 2.98. The Labute approximate surface area is 98.0 Å². The van der Waals surface area contributed by atoms with Gasteiger partial charge in [-0.15, -0.1) is 0 Å². The predicted octanol–water partition coefficient (Wildman–Crippen LogP) is 3.66. The Kier molecular flexibility index (Phi) is 3.21. The molecule has 14 heavy (non-hydrogen) atoms. The lowest BCUT2D eigenvalue weighted by molar-refractivity contribution is 0.0977. The second-order valence-corrected chi connectivity index (χ2v) is 5.05. The molecule has 1 aliphatic rings. The first-order chi connectivity index (χ1) is 6.77. The molecule has 0 atom stereocenters. The standard InChI is InChI=1S/C12H13IO/c13-11-4-2-1-3-10(11)12(14)8-7-9-5-6-9/h1-4,9H,5-8H2. The molecule has 1 fully saturated rings. The van der Waals surface area contributed by atoms with Crippen molar-refractivity contribution in [2.75, 3.05) is 0 Å². The summed E-state index contributed by atoms with van der Waals surface area (Å²) in [5.74, 6) is 1.15. The topological polar surface area (TPSA) is 17.1 Å². The van der Waals surface area contributed by atoms with Crippen molar-refractivity contribution >= 4 is 28.4 Å². The van der Waals surface area contributed by atoms with Gasteiger partial charge in [-0.25, -0.2) is 0 Å². The maximum absolute atomic E-state index is 11.8. The first kappa shape index (κ1) is 10.1. The third kappa shape index (κ3) is 2.56. The summed E-state index contributed by atoms with van der Waals surface area (Å²) in [4.78, 5) is 11.8. The fraction of sp³-hybridized carbons (Fsp3) is 0.417. The van der Waals surface area contributed by atoms with Crippen molar-refractivity contribution in [3.05, 3.63) is 33.4 Å². The smallest absolute Gasteiger partial charge is 0.163 e. The zero-order chi connectivity index (χ0) is 9.97. The third-order valence-electron chi connectivity index (χ3n) is 2.65. The Bertz CT molecular complexity index is 342. The van der Waals surface area contributed by atoms with Gasteiger partial charge in [0, 0.05) is 15.6 Å². The van der Waals surface area contributed by atoms with Crippen LogP contribution in [0.2, 0.25) is 0 Å². The summed E-state index contributed by atoms with van der Waals surface area (Å²) in [6, 6.07) is 7.83. The molecule has 0 amide bonds. The third-order valence-corrected chi connectivity index (χ3v) is 3.59. The minimum Gasteiger partial charge on any atom is -0.294 e. The largest absolute Gasteiger partial charge is 0.294 e.